The monoisotopic (exact) mass is 334 g/mol. The van der Waals surface area contributed by atoms with E-state index in [0.29, 0.717) is 6.54 Å². The zero-order valence-electron chi connectivity index (χ0n) is 12.7. The van der Waals surface area contributed by atoms with Gasteiger partial charge in [-0.1, -0.05) is 18.2 Å². The van der Waals surface area contributed by atoms with Gasteiger partial charge in [0, 0.05) is 11.4 Å². The van der Waals surface area contributed by atoms with Crippen LogP contribution in [0.15, 0.2) is 41.8 Å². The maximum absolute atomic E-state index is 12.0. The van der Waals surface area contributed by atoms with Gasteiger partial charge in [-0.2, -0.15) is 0 Å². The molecule has 2 atom stereocenters. The molecule has 0 aliphatic carbocycles. The lowest BCUT2D eigenvalue weighted by atomic mass is 10.2. The van der Waals surface area contributed by atoms with Crippen molar-refractivity contribution in [1.29, 1.82) is 0 Å². The number of anilines is 1. The molecule has 122 valence electrons. The van der Waals surface area contributed by atoms with E-state index in [4.69, 9.17) is 4.74 Å². The second-order valence-corrected chi connectivity index (χ2v) is 6.21. The predicted octanol–water partition coefficient (Wildman–Crippen LogP) is 1.72. The topological polar surface area (TPSA) is 84.5 Å². The second kappa shape index (κ2) is 7.82. The van der Waals surface area contributed by atoms with Crippen molar-refractivity contribution >= 4 is 35.2 Å². The SMILES string of the molecule is C=CCNC(=O)[C@H](C)OC(=O)C[C@H]1Sc2ccccc2NC1=O. The first-order chi connectivity index (χ1) is 11.0. The third kappa shape index (κ3) is 4.59. The first-order valence-electron chi connectivity index (χ1n) is 7.16. The number of carbonyl (C=O) groups is 3. The number of fused-ring (bicyclic) bond motifs is 1. The fourth-order valence-electron chi connectivity index (χ4n) is 1.99. The van der Waals surface area contributed by atoms with Crippen molar-refractivity contribution in [2.75, 3.05) is 11.9 Å². The van der Waals surface area contributed by atoms with Crippen LogP contribution >= 0.6 is 11.8 Å². The molecule has 0 saturated heterocycles. The molecule has 7 heteroatoms. The molecule has 23 heavy (non-hydrogen) atoms. The lowest BCUT2D eigenvalue weighted by molar-refractivity contribution is -0.155. The van der Waals surface area contributed by atoms with Gasteiger partial charge in [-0.3, -0.25) is 14.4 Å². The molecule has 1 aliphatic rings. The number of benzene rings is 1. The minimum absolute atomic E-state index is 0.0933. The van der Waals surface area contributed by atoms with Crippen LogP contribution in [0.3, 0.4) is 0 Å². The highest BCUT2D eigenvalue weighted by Crippen LogP contribution is 2.36. The van der Waals surface area contributed by atoms with Gasteiger partial charge < -0.3 is 15.4 Å². The van der Waals surface area contributed by atoms with Gasteiger partial charge in [0.2, 0.25) is 5.91 Å². The van der Waals surface area contributed by atoms with E-state index in [1.54, 1.807) is 6.07 Å². The molecule has 0 aromatic heterocycles. The van der Waals surface area contributed by atoms with Crippen LogP contribution in [0.4, 0.5) is 5.69 Å². The molecule has 1 aromatic rings. The van der Waals surface area contributed by atoms with Crippen LogP contribution in [0.5, 0.6) is 0 Å². The fourth-order valence-corrected chi connectivity index (χ4v) is 3.09. The summed E-state index contributed by atoms with van der Waals surface area (Å²) in [6.07, 6.45) is 0.531. The van der Waals surface area contributed by atoms with Crippen LogP contribution < -0.4 is 10.6 Å². The average molecular weight is 334 g/mol. The molecule has 0 saturated carbocycles. The molecular weight excluding hydrogens is 316 g/mol. The van der Waals surface area contributed by atoms with E-state index in [-0.39, 0.29) is 12.3 Å². The van der Waals surface area contributed by atoms with Gasteiger partial charge in [-0.25, -0.2) is 0 Å². The maximum atomic E-state index is 12.0. The van der Waals surface area contributed by atoms with E-state index < -0.39 is 23.2 Å². The minimum atomic E-state index is -0.911. The van der Waals surface area contributed by atoms with Gasteiger partial charge in [-0.05, 0) is 19.1 Å². The highest BCUT2D eigenvalue weighted by Gasteiger charge is 2.30. The lowest BCUT2D eigenvalue weighted by Crippen LogP contribution is -2.37. The molecule has 0 fully saturated rings. The Morgan fingerprint density at radius 2 is 2.22 bits per heavy atom. The molecule has 2 N–H and O–H groups in total. The smallest absolute Gasteiger partial charge is 0.308 e. The summed E-state index contributed by atoms with van der Waals surface area (Å²) in [6, 6.07) is 7.38. The van der Waals surface area contributed by atoms with Gasteiger partial charge in [0.1, 0.15) is 0 Å². The molecule has 1 aromatic carbocycles. The largest absolute Gasteiger partial charge is 0.453 e. The van der Waals surface area contributed by atoms with Crippen LogP contribution in [0.25, 0.3) is 0 Å². The number of hydrogen-bond donors (Lipinski definition) is 2. The van der Waals surface area contributed by atoms with Crippen molar-refractivity contribution in [3.63, 3.8) is 0 Å². The van der Waals surface area contributed by atoms with Crippen LogP contribution in [-0.2, 0) is 19.1 Å². The van der Waals surface area contributed by atoms with Gasteiger partial charge in [0.25, 0.3) is 5.91 Å². The lowest BCUT2D eigenvalue weighted by Gasteiger charge is -2.23. The summed E-state index contributed by atoms with van der Waals surface area (Å²) < 4.78 is 5.07. The van der Waals surface area contributed by atoms with E-state index in [1.165, 1.54) is 24.8 Å². The molecule has 0 radical (unpaired) electrons. The van der Waals surface area contributed by atoms with E-state index in [0.717, 1.165) is 10.6 Å². The summed E-state index contributed by atoms with van der Waals surface area (Å²) in [5.41, 5.74) is 0.740. The fraction of sp³-hybridized carbons (Fsp3) is 0.312. The molecule has 0 spiro atoms. The van der Waals surface area contributed by atoms with E-state index >= 15 is 0 Å². The number of ether oxygens (including phenoxy) is 1. The Morgan fingerprint density at radius 1 is 1.48 bits per heavy atom. The first-order valence-corrected chi connectivity index (χ1v) is 8.04. The minimum Gasteiger partial charge on any atom is -0.453 e. The van der Waals surface area contributed by atoms with E-state index in [9.17, 15) is 14.4 Å². The van der Waals surface area contributed by atoms with Gasteiger partial charge >= 0.3 is 5.97 Å². The summed E-state index contributed by atoms with van der Waals surface area (Å²) in [7, 11) is 0. The first kappa shape index (κ1) is 17.1. The Hall–Kier alpha value is -2.28. The molecule has 0 bridgehead atoms. The van der Waals surface area contributed by atoms with Gasteiger partial charge in [-0.15, -0.1) is 18.3 Å². The molecule has 1 aliphatic heterocycles. The standard InChI is InChI=1S/C16H18N2O4S/c1-3-8-17-15(20)10(2)22-14(19)9-13-16(21)18-11-6-4-5-7-12(11)23-13/h3-7,10,13H,1,8-9H2,2H3,(H,17,20)(H,18,21)/t10-,13+/m0/s1. The molecule has 2 amide bonds. The zero-order valence-corrected chi connectivity index (χ0v) is 13.5. The number of amides is 2. The van der Waals surface area contributed by atoms with Crippen molar-refractivity contribution in [3.05, 3.63) is 36.9 Å². The van der Waals surface area contributed by atoms with Crippen LogP contribution in [0.1, 0.15) is 13.3 Å². The number of rotatable bonds is 6. The van der Waals surface area contributed by atoms with Gasteiger partial charge in [0.15, 0.2) is 6.10 Å². The van der Waals surface area contributed by atoms with Crippen molar-refractivity contribution in [1.82, 2.24) is 5.32 Å². The summed E-state index contributed by atoms with van der Waals surface area (Å²) in [5.74, 6) is -1.22. The number of hydrogen-bond acceptors (Lipinski definition) is 5. The summed E-state index contributed by atoms with van der Waals surface area (Å²) in [6.45, 7) is 5.28. The van der Waals surface area contributed by atoms with Crippen molar-refractivity contribution < 1.29 is 19.1 Å². The van der Waals surface area contributed by atoms with Crippen LogP contribution in [0, 0.1) is 0 Å². The van der Waals surface area contributed by atoms with E-state index in [2.05, 4.69) is 17.2 Å². The number of esters is 1. The average Bonchev–Trinajstić information content (AvgIpc) is 2.53. The summed E-state index contributed by atoms with van der Waals surface area (Å²) in [4.78, 5) is 36.5. The Labute approximate surface area is 138 Å². The van der Waals surface area contributed by atoms with Crippen LogP contribution in [0.2, 0.25) is 0 Å². The summed E-state index contributed by atoms with van der Waals surface area (Å²) in [5, 5.41) is 4.74. The Kier molecular flexibility index (Phi) is 5.81. The number of carbonyl (C=O) groups excluding carboxylic acids is 3. The van der Waals surface area contributed by atoms with Crippen molar-refractivity contribution in [2.45, 2.75) is 29.6 Å². The summed E-state index contributed by atoms with van der Waals surface area (Å²) >= 11 is 1.32. The van der Waals surface area contributed by atoms with Crippen molar-refractivity contribution in [3.8, 4) is 0 Å². The third-order valence-electron chi connectivity index (χ3n) is 3.16. The quantitative estimate of drug-likeness (QED) is 0.611. The molecule has 6 nitrogen and oxygen atoms in total. The Balaban J connectivity index is 1.89. The molecule has 0 unspecified atom stereocenters. The normalized spacial score (nSPS) is 17.4. The second-order valence-electron chi connectivity index (χ2n) is 4.96. The Morgan fingerprint density at radius 3 is 2.96 bits per heavy atom. The maximum Gasteiger partial charge on any atom is 0.308 e. The van der Waals surface area contributed by atoms with Crippen molar-refractivity contribution in [2.24, 2.45) is 0 Å². The highest BCUT2D eigenvalue weighted by molar-refractivity contribution is 8.01. The van der Waals surface area contributed by atoms with Gasteiger partial charge in [0.05, 0.1) is 17.4 Å². The zero-order chi connectivity index (χ0) is 16.8. The predicted molar refractivity (Wildman–Crippen MR) is 88.1 cm³/mol. The molecular formula is C16H18N2O4S. The van der Waals surface area contributed by atoms with E-state index in [1.807, 2.05) is 18.2 Å². The Bertz CT molecular complexity index is 632. The molecule has 2 rings (SSSR count). The van der Waals surface area contributed by atoms with Crippen LogP contribution in [-0.4, -0.2) is 35.7 Å². The number of para-hydroxylation sites is 1. The molecule has 1 heterocycles. The number of thioether (sulfide) groups is 1. The highest BCUT2D eigenvalue weighted by atomic mass is 32.2. The number of nitrogens with one attached hydrogen (secondary N) is 2. The third-order valence-corrected chi connectivity index (χ3v) is 4.43.